The third-order valence-electron chi connectivity index (χ3n) is 4.19. The first-order valence-electron chi connectivity index (χ1n) is 7.41. The van der Waals surface area contributed by atoms with Gasteiger partial charge in [-0.3, -0.25) is 19.9 Å². The van der Waals surface area contributed by atoms with E-state index in [-0.39, 0.29) is 24.3 Å². The van der Waals surface area contributed by atoms with E-state index in [0.29, 0.717) is 13.0 Å². The van der Waals surface area contributed by atoms with Gasteiger partial charge in [-0.25, -0.2) is 4.79 Å². The number of piperazine rings is 1. The van der Waals surface area contributed by atoms with E-state index < -0.39 is 0 Å². The van der Waals surface area contributed by atoms with E-state index in [0.717, 1.165) is 45.6 Å². The first kappa shape index (κ1) is 13.8. The predicted molar refractivity (Wildman–Crippen MR) is 72.1 cm³/mol. The molecule has 3 saturated heterocycles. The molecule has 7 heteroatoms. The summed E-state index contributed by atoms with van der Waals surface area (Å²) in [6.07, 6.45) is 2.23. The molecule has 0 saturated carbocycles. The average molecular weight is 282 g/mol. The van der Waals surface area contributed by atoms with Crippen LogP contribution in [0.3, 0.4) is 0 Å². The molecule has 2 atom stereocenters. The van der Waals surface area contributed by atoms with Gasteiger partial charge in [0.2, 0.25) is 5.91 Å². The maximum Gasteiger partial charge on any atom is 0.326 e. The third kappa shape index (κ3) is 3.11. The van der Waals surface area contributed by atoms with Crippen molar-refractivity contribution < 1.29 is 14.3 Å². The number of urea groups is 1. The minimum absolute atomic E-state index is 0.170. The van der Waals surface area contributed by atoms with Crippen molar-refractivity contribution in [2.24, 2.45) is 0 Å². The zero-order valence-corrected chi connectivity index (χ0v) is 11.6. The summed E-state index contributed by atoms with van der Waals surface area (Å²) in [5.74, 6) is -0.193. The second kappa shape index (κ2) is 6.07. The molecule has 0 aromatic rings. The summed E-state index contributed by atoms with van der Waals surface area (Å²) >= 11 is 0. The normalized spacial score (nSPS) is 32.5. The summed E-state index contributed by atoms with van der Waals surface area (Å²) in [5, 5.41) is 5.69. The Hall–Kier alpha value is -1.18. The van der Waals surface area contributed by atoms with Gasteiger partial charge in [-0.1, -0.05) is 0 Å². The first-order valence-corrected chi connectivity index (χ1v) is 7.41. The molecule has 112 valence electrons. The largest absolute Gasteiger partial charge is 0.354 e. The summed E-state index contributed by atoms with van der Waals surface area (Å²) in [6.45, 7) is 5.59. The van der Waals surface area contributed by atoms with E-state index in [2.05, 4.69) is 15.5 Å². The lowest BCUT2D eigenvalue weighted by Gasteiger charge is -2.33. The van der Waals surface area contributed by atoms with Gasteiger partial charge in [-0.05, 0) is 12.8 Å². The molecule has 0 bridgehead atoms. The Kier molecular flexibility index (Phi) is 4.18. The van der Waals surface area contributed by atoms with Crippen molar-refractivity contribution >= 4 is 11.9 Å². The van der Waals surface area contributed by atoms with Crippen molar-refractivity contribution in [3.63, 3.8) is 0 Å². The minimum Gasteiger partial charge on any atom is -0.354 e. The molecule has 0 radical (unpaired) electrons. The smallest absolute Gasteiger partial charge is 0.326 e. The van der Waals surface area contributed by atoms with Crippen LogP contribution in [-0.2, 0) is 9.53 Å². The van der Waals surface area contributed by atoms with Gasteiger partial charge in [0.25, 0.3) is 0 Å². The fourth-order valence-electron chi connectivity index (χ4n) is 3.08. The number of hydrogen-bond donors (Lipinski definition) is 2. The predicted octanol–water partition coefficient (Wildman–Crippen LogP) is -0.661. The molecule has 20 heavy (non-hydrogen) atoms. The molecular weight excluding hydrogens is 260 g/mol. The number of amides is 3. The Morgan fingerprint density at radius 2 is 1.95 bits per heavy atom. The number of nitrogens with zero attached hydrogens (tertiary/aromatic N) is 2. The van der Waals surface area contributed by atoms with Crippen LogP contribution in [0.4, 0.5) is 4.79 Å². The van der Waals surface area contributed by atoms with Gasteiger partial charge in [0.15, 0.2) is 0 Å². The zero-order chi connectivity index (χ0) is 13.9. The highest BCUT2D eigenvalue weighted by molar-refractivity contribution is 5.96. The second-order valence-electron chi connectivity index (χ2n) is 5.64. The van der Waals surface area contributed by atoms with Gasteiger partial charge < -0.3 is 10.1 Å². The van der Waals surface area contributed by atoms with E-state index in [9.17, 15) is 9.59 Å². The van der Waals surface area contributed by atoms with E-state index >= 15 is 0 Å². The molecule has 3 heterocycles. The third-order valence-corrected chi connectivity index (χ3v) is 4.19. The molecule has 3 rings (SSSR count). The molecule has 3 aliphatic rings. The van der Waals surface area contributed by atoms with Crippen LogP contribution in [0.5, 0.6) is 0 Å². The minimum atomic E-state index is -0.311. The highest BCUT2D eigenvalue weighted by atomic mass is 16.5. The topological polar surface area (TPSA) is 73.9 Å². The molecule has 7 nitrogen and oxygen atoms in total. The summed E-state index contributed by atoms with van der Waals surface area (Å²) in [5.41, 5.74) is 0. The van der Waals surface area contributed by atoms with Crippen molar-refractivity contribution in [1.82, 2.24) is 20.4 Å². The van der Waals surface area contributed by atoms with Crippen LogP contribution in [0.2, 0.25) is 0 Å². The molecule has 0 spiro atoms. The standard InChI is InChI=1S/C13H22N4O3/c18-11-3-6-17(13(19)15-11)12-2-1-10(20-12)9-16-7-4-14-5-8-16/h10,12,14H,1-9H2,(H,15,18,19)/t10-,12+/m0/s1. The zero-order valence-electron chi connectivity index (χ0n) is 11.6. The summed E-state index contributed by atoms with van der Waals surface area (Å²) in [7, 11) is 0. The number of rotatable bonds is 3. The van der Waals surface area contributed by atoms with Gasteiger partial charge in [0, 0.05) is 45.7 Å². The number of nitrogens with one attached hydrogen (secondary N) is 2. The number of carbonyl (C=O) groups excluding carboxylic acids is 2. The molecule has 3 fully saturated rings. The Morgan fingerprint density at radius 1 is 1.15 bits per heavy atom. The fourth-order valence-corrected chi connectivity index (χ4v) is 3.08. The van der Waals surface area contributed by atoms with Crippen LogP contribution < -0.4 is 10.6 Å². The highest BCUT2D eigenvalue weighted by Gasteiger charge is 2.36. The highest BCUT2D eigenvalue weighted by Crippen LogP contribution is 2.24. The van der Waals surface area contributed by atoms with Crippen LogP contribution in [0.15, 0.2) is 0 Å². The maximum atomic E-state index is 11.8. The van der Waals surface area contributed by atoms with Gasteiger partial charge >= 0.3 is 6.03 Å². The van der Waals surface area contributed by atoms with Crippen molar-refractivity contribution in [3.8, 4) is 0 Å². The summed E-state index contributed by atoms with van der Waals surface area (Å²) in [4.78, 5) is 27.0. The monoisotopic (exact) mass is 282 g/mol. The molecule has 3 aliphatic heterocycles. The van der Waals surface area contributed by atoms with Gasteiger partial charge in [-0.15, -0.1) is 0 Å². The lowest BCUT2D eigenvalue weighted by atomic mass is 10.2. The van der Waals surface area contributed by atoms with E-state index in [1.54, 1.807) is 4.90 Å². The molecular formula is C13H22N4O3. The average Bonchev–Trinajstić information content (AvgIpc) is 2.88. The van der Waals surface area contributed by atoms with E-state index in [1.807, 2.05) is 0 Å². The Balaban J connectivity index is 1.49. The molecule has 0 aromatic heterocycles. The van der Waals surface area contributed by atoms with Crippen molar-refractivity contribution in [1.29, 1.82) is 0 Å². The van der Waals surface area contributed by atoms with E-state index in [1.165, 1.54) is 0 Å². The first-order chi connectivity index (χ1) is 9.72. The quantitative estimate of drug-likeness (QED) is 0.719. The van der Waals surface area contributed by atoms with Crippen LogP contribution in [0.25, 0.3) is 0 Å². The summed E-state index contributed by atoms with van der Waals surface area (Å²) in [6, 6.07) is -0.311. The fraction of sp³-hybridized carbons (Fsp3) is 0.846. The number of ether oxygens (including phenoxy) is 1. The number of imide groups is 1. The maximum absolute atomic E-state index is 11.8. The molecule has 0 aromatic carbocycles. The van der Waals surface area contributed by atoms with Crippen LogP contribution in [0, 0.1) is 0 Å². The second-order valence-corrected chi connectivity index (χ2v) is 5.64. The van der Waals surface area contributed by atoms with Crippen LogP contribution in [0.1, 0.15) is 19.3 Å². The Labute approximate surface area is 118 Å². The Bertz CT molecular complexity index is 384. The SMILES string of the molecule is O=C1CCN([C@H]2CC[C@@H](CN3CCNCC3)O2)C(=O)N1. The van der Waals surface area contributed by atoms with E-state index in [4.69, 9.17) is 4.74 Å². The van der Waals surface area contributed by atoms with Gasteiger partial charge in [-0.2, -0.15) is 0 Å². The van der Waals surface area contributed by atoms with Crippen LogP contribution in [-0.4, -0.2) is 73.3 Å². The van der Waals surface area contributed by atoms with Crippen molar-refractivity contribution in [2.45, 2.75) is 31.6 Å². The van der Waals surface area contributed by atoms with Gasteiger partial charge in [0.1, 0.15) is 6.23 Å². The number of hydrogen-bond acceptors (Lipinski definition) is 5. The lowest BCUT2D eigenvalue weighted by Crippen LogP contribution is -2.53. The molecule has 0 unspecified atom stereocenters. The van der Waals surface area contributed by atoms with Gasteiger partial charge in [0.05, 0.1) is 6.10 Å². The van der Waals surface area contributed by atoms with Crippen molar-refractivity contribution in [3.05, 3.63) is 0 Å². The lowest BCUT2D eigenvalue weighted by molar-refractivity contribution is -0.123. The molecule has 0 aliphatic carbocycles. The molecule has 3 amide bonds. The summed E-state index contributed by atoms with van der Waals surface area (Å²) < 4.78 is 6.00. The molecule has 2 N–H and O–H groups in total. The Morgan fingerprint density at radius 3 is 2.70 bits per heavy atom. The van der Waals surface area contributed by atoms with Crippen LogP contribution >= 0.6 is 0 Å². The van der Waals surface area contributed by atoms with Crippen molar-refractivity contribution in [2.75, 3.05) is 39.3 Å². The number of carbonyl (C=O) groups is 2.